The lowest BCUT2D eigenvalue weighted by Crippen LogP contribution is -2.15. The summed E-state index contributed by atoms with van der Waals surface area (Å²) >= 11 is 0. The highest BCUT2D eigenvalue weighted by atomic mass is 16.3. The number of carbonyl (C=O) groups is 2. The maximum absolute atomic E-state index is 13.1. The predicted octanol–water partition coefficient (Wildman–Crippen LogP) is 3.71. The summed E-state index contributed by atoms with van der Waals surface area (Å²) in [5.41, 5.74) is 4.76. The van der Waals surface area contributed by atoms with E-state index in [1.807, 2.05) is 43.4 Å². The van der Waals surface area contributed by atoms with E-state index in [1.54, 1.807) is 35.5 Å². The Kier molecular flexibility index (Phi) is 7.41. The first-order chi connectivity index (χ1) is 17.1. The van der Waals surface area contributed by atoms with Gasteiger partial charge in [-0.3, -0.25) is 24.2 Å². The van der Waals surface area contributed by atoms with E-state index in [0.717, 1.165) is 29.4 Å². The molecule has 10 heteroatoms. The van der Waals surface area contributed by atoms with Crippen molar-refractivity contribution >= 4 is 23.8 Å². The standard InChI is InChI=1S/C24H23N7O.CH2O2/c1-31-15-21(23(30-31)18-4-2-3-11-26-18)29-24(32)20-8-7-19(27-14-16-5-6-16)22(28-20)17-9-12-25-13-10-17;2-1-3/h2-4,7-13,15-16,27H,5-6,14H2,1H3,(H,29,32);1H,(H,2,3). The molecule has 10 nitrogen and oxygen atoms in total. The number of aromatic nitrogens is 5. The molecule has 1 aliphatic carbocycles. The topological polar surface area (TPSA) is 135 Å². The lowest BCUT2D eigenvalue weighted by Gasteiger charge is -2.13. The van der Waals surface area contributed by atoms with E-state index >= 15 is 0 Å². The van der Waals surface area contributed by atoms with Crippen LogP contribution in [0.25, 0.3) is 22.6 Å². The van der Waals surface area contributed by atoms with E-state index < -0.39 is 0 Å². The van der Waals surface area contributed by atoms with Crippen LogP contribution in [-0.2, 0) is 11.8 Å². The quantitative estimate of drug-likeness (QED) is 0.347. The Bertz CT molecular complexity index is 1290. The predicted molar refractivity (Wildman–Crippen MR) is 132 cm³/mol. The zero-order chi connectivity index (χ0) is 24.6. The number of hydrogen-bond donors (Lipinski definition) is 3. The third kappa shape index (κ3) is 6.05. The molecule has 4 aromatic rings. The summed E-state index contributed by atoms with van der Waals surface area (Å²) in [6.07, 6.45) is 9.43. The van der Waals surface area contributed by atoms with Crippen LogP contribution < -0.4 is 10.6 Å². The Hall–Kier alpha value is -4.60. The number of rotatable bonds is 7. The van der Waals surface area contributed by atoms with Crippen LogP contribution in [0.4, 0.5) is 11.4 Å². The van der Waals surface area contributed by atoms with Crippen molar-refractivity contribution in [2.24, 2.45) is 13.0 Å². The fraction of sp³-hybridized carbons (Fsp3) is 0.200. The molecule has 0 atom stereocenters. The summed E-state index contributed by atoms with van der Waals surface area (Å²) < 4.78 is 1.65. The van der Waals surface area contributed by atoms with Crippen LogP contribution >= 0.6 is 0 Å². The second-order valence-electron chi connectivity index (χ2n) is 7.99. The number of carboxylic acid groups (broad SMARTS) is 1. The molecule has 35 heavy (non-hydrogen) atoms. The van der Waals surface area contributed by atoms with Crippen LogP contribution in [0.2, 0.25) is 0 Å². The van der Waals surface area contributed by atoms with Gasteiger partial charge in [-0.05, 0) is 55.2 Å². The number of hydrogen-bond acceptors (Lipinski definition) is 7. The zero-order valence-electron chi connectivity index (χ0n) is 19.1. The van der Waals surface area contributed by atoms with Gasteiger partial charge in [0.1, 0.15) is 11.4 Å². The third-order valence-corrected chi connectivity index (χ3v) is 5.34. The number of aryl methyl sites for hydroxylation is 1. The van der Waals surface area contributed by atoms with Crippen molar-refractivity contribution in [1.29, 1.82) is 0 Å². The second-order valence-corrected chi connectivity index (χ2v) is 7.99. The average molecular weight is 472 g/mol. The molecule has 0 radical (unpaired) electrons. The molecule has 1 fully saturated rings. The van der Waals surface area contributed by atoms with E-state index in [2.05, 4.69) is 25.7 Å². The van der Waals surface area contributed by atoms with Crippen LogP contribution in [-0.4, -0.2) is 48.8 Å². The first kappa shape index (κ1) is 23.6. The van der Waals surface area contributed by atoms with Crippen molar-refractivity contribution in [3.63, 3.8) is 0 Å². The Balaban J connectivity index is 0.000000917. The van der Waals surface area contributed by atoms with Crippen LogP contribution in [0.3, 0.4) is 0 Å². The van der Waals surface area contributed by atoms with Gasteiger partial charge in [-0.15, -0.1) is 0 Å². The number of nitrogens with one attached hydrogen (secondary N) is 2. The molecule has 1 aliphatic rings. The fourth-order valence-electron chi connectivity index (χ4n) is 3.49. The summed E-state index contributed by atoms with van der Waals surface area (Å²) in [6, 6.07) is 13.0. The lowest BCUT2D eigenvalue weighted by molar-refractivity contribution is -0.122. The third-order valence-electron chi connectivity index (χ3n) is 5.34. The summed E-state index contributed by atoms with van der Waals surface area (Å²) in [5, 5.41) is 17.8. The number of nitrogens with zero attached hydrogens (tertiary/aromatic N) is 5. The average Bonchev–Trinajstić information content (AvgIpc) is 3.65. The van der Waals surface area contributed by atoms with Crippen molar-refractivity contribution in [3.05, 3.63) is 72.9 Å². The molecule has 1 saturated carbocycles. The Morgan fingerprint density at radius 1 is 1.09 bits per heavy atom. The molecule has 0 saturated heterocycles. The van der Waals surface area contributed by atoms with Crippen LogP contribution in [0.5, 0.6) is 0 Å². The van der Waals surface area contributed by atoms with Gasteiger partial charge < -0.3 is 15.7 Å². The van der Waals surface area contributed by atoms with Crippen molar-refractivity contribution < 1.29 is 14.7 Å². The number of pyridine rings is 3. The number of carbonyl (C=O) groups excluding carboxylic acids is 1. The Morgan fingerprint density at radius 3 is 2.54 bits per heavy atom. The lowest BCUT2D eigenvalue weighted by atomic mass is 10.1. The van der Waals surface area contributed by atoms with Gasteiger partial charge in [0, 0.05) is 43.9 Å². The van der Waals surface area contributed by atoms with Gasteiger partial charge in [0.15, 0.2) is 0 Å². The molecule has 1 amide bonds. The van der Waals surface area contributed by atoms with Crippen LogP contribution in [0.15, 0.2) is 67.3 Å². The molecule has 4 heterocycles. The fourth-order valence-corrected chi connectivity index (χ4v) is 3.49. The summed E-state index contributed by atoms with van der Waals surface area (Å²) in [5.74, 6) is 0.415. The van der Waals surface area contributed by atoms with Gasteiger partial charge in [0.25, 0.3) is 12.4 Å². The largest absolute Gasteiger partial charge is 0.483 e. The van der Waals surface area contributed by atoms with Gasteiger partial charge in [0.05, 0.1) is 22.8 Å². The molecule has 0 aliphatic heterocycles. The van der Waals surface area contributed by atoms with E-state index in [9.17, 15) is 4.79 Å². The second kappa shape index (κ2) is 11.0. The maximum Gasteiger partial charge on any atom is 0.290 e. The van der Waals surface area contributed by atoms with Crippen molar-refractivity contribution in [1.82, 2.24) is 24.7 Å². The molecule has 0 unspecified atom stereocenters. The normalized spacial score (nSPS) is 12.3. The first-order valence-corrected chi connectivity index (χ1v) is 11.1. The summed E-state index contributed by atoms with van der Waals surface area (Å²) in [7, 11) is 1.81. The van der Waals surface area contributed by atoms with Gasteiger partial charge in [-0.2, -0.15) is 5.10 Å². The molecule has 5 rings (SSSR count). The van der Waals surface area contributed by atoms with Crippen molar-refractivity contribution in [2.45, 2.75) is 12.8 Å². The molecule has 0 bridgehead atoms. The summed E-state index contributed by atoms with van der Waals surface area (Å²) in [4.78, 5) is 34.6. The SMILES string of the molecule is Cn1cc(NC(=O)c2ccc(NCC3CC3)c(-c3ccncc3)n2)c(-c2ccccn2)n1.O=CO. The highest BCUT2D eigenvalue weighted by molar-refractivity contribution is 6.05. The first-order valence-electron chi connectivity index (χ1n) is 11.1. The minimum absolute atomic E-state index is 0.250. The van der Waals surface area contributed by atoms with Gasteiger partial charge in [-0.1, -0.05) is 6.07 Å². The van der Waals surface area contributed by atoms with Gasteiger partial charge in [-0.25, -0.2) is 4.98 Å². The summed E-state index contributed by atoms with van der Waals surface area (Å²) in [6.45, 7) is 0.661. The van der Waals surface area contributed by atoms with E-state index in [-0.39, 0.29) is 12.4 Å². The molecule has 0 aromatic carbocycles. The zero-order valence-corrected chi connectivity index (χ0v) is 19.1. The molecular formula is C25H25N7O3. The molecule has 4 aromatic heterocycles. The maximum atomic E-state index is 13.1. The smallest absolute Gasteiger partial charge is 0.290 e. The van der Waals surface area contributed by atoms with Crippen molar-refractivity contribution in [2.75, 3.05) is 17.2 Å². The van der Waals surface area contributed by atoms with Crippen LogP contribution in [0, 0.1) is 5.92 Å². The minimum atomic E-state index is -0.306. The van der Waals surface area contributed by atoms with E-state index in [4.69, 9.17) is 14.9 Å². The van der Waals surface area contributed by atoms with E-state index in [1.165, 1.54) is 12.8 Å². The van der Waals surface area contributed by atoms with E-state index in [0.29, 0.717) is 22.8 Å². The van der Waals surface area contributed by atoms with Gasteiger partial charge in [0.2, 0.25) is 0 Å². The molecule has 0 spiro atoms. The van der Waals surface area contributed by atoms with Gasteiger partial charge >= 0.3 is 0 Å². The molecule has 178 valence electrons. The Labute approximate surface area is 202 Å². The van der Waals surface area contributed by atoms with Crippen molar-refractivity contribution in [3.8, 4) is 22.6 Å². The minimum Gasteiger partial charge on any atom is -0.483 e. The Morgan fingerprint density at radius 2 is 1.86 bits per heavy atom. The number of amides is 1. The number of anilines is 2. The van der Waals surface area contributed by atoms with Crippen LogP contribution in [0.1, 0.15) is 23.3 Å². The highest BCUT2D eigenvalue weighted by Crippen LogP contribution is 2.32. The molecule has 3 N–H and O–H groups in total. The molecular weight excluding hydrogens is 446 g/mol. The monoisotopic (exact) mass is 471 g/mol. The highest BCUT2D eigenvalue weighted by Gasteiger charge is 2.22.